The van der Waals surface area contributed by atoms with Crippen molar-refractivity contribution in [3.63, 3.8) is 0 Å². The lowest BCUT2D eigenvalue weighted by molar-refractivity contribution is -0.141. The van der Waals surface area contributed by atoms with Gasteiger partial charge in [-0.15, -0.1) is 0 Å². The van der Waals surface area contributed by atoms with Crippen molar-refractivity contribution in [2.45, 2.75) is 25.9 Å². The van der Waals surface area contributed by atoms with Crippen LogP contribution in [-0.2, 0) is 19.0 Å². The minimum Gasteiger partial charge on any atom is -0.289 e. The van der Waals surface area contributed by atoms with Crippen molar-refractivity contribution in [1.29, 1.82) is 0 Å². The fourth-order valence-corrected chi connectivity index (χ4v) is 3.32. The third-order valence-electron chi connectivity index (χ3n) is 5.00. The van der Waals surface area contributed by atoms with Gasteiger partial charge in [-0.05, 0) is 43.0 Å². The number of hydrogen-bond donors (Lipinski definition) is 2. The molecule has 0 saturated heterocycles. The Bertz CT molecular complexity index is 1250. The third-order valence-corrected chi connectivity index (χ3v) is 5.00. The molecule has 9 heteroatoms. The number of nitrogens with zero attached hydrogens (tertiary/aromatic N) is 2. The average molecular weight is 430 g/mol. The molecule has 31 heavy (non-hydrogen) atoms. The van der Waals surface area contributed by atoms with E-state index in [4.69, 9.17) is 0 Å². The molecule has 0 aliphatic carbocycles. The summed E-state index contributed by atoms with van der Waals surface area (Å²) >= 11 is 0. The van der Waals surface area contributed by atoms with Crippen molar-refractivity contribution in [2.24, 2.45) is 0 Å². The van der Waals surface area contributed by atoms with E-state index >= 15 is 0 Å². The number of alkyl halides is 3. The Morgan fingerprint density at radius 3 is 2.29 bits per heavy atom. The second-order valence-corrected chi connectivity index (χ2v) is 7.24. The van der Waals surface area contributed by atoms with Crippen LogP contribution >= 0.6 is 0 Å². The van der Waals surface area contributed by atoms with Crippen LogP contribution in [0.5, 0.6) is 0 Å². The SMILES string of the molecule is Cc1ccc(-c2[nH]n(-c3cc(C(F)(F)F)[nH]n3)c(=O)c2CCc2ccc(F)cc2)cc1. The first-order valence-electron chi connectivity index (χ1n) is 9.51. The molecule has 2 N–H and O–H groups in total. The molecule has 0 spiro atoms. The highest BCUT2D eigenvalue weighted by Gasteiger charge is 2.33. The number of halogens is 4. The molecule has 0 unspecified atom stereocenters. The molecule has 4 rings (SSSR count). The maximum absolute atomic E-state index is 13.2. The van der Waals surface area contributed by atoms with E-state index in [-0.39, 0.29) is 11.6 Å². The van der Waals surface area contributed by atoms with Gasteiger partial charge in [-0.2, -0.15) is 23.0 Å². The predicted octanol–water partition coefficient (Wildman–Crippen LogP) is 4.81. The molecule has 0 aliphatic rings. The van der Waals surface area contributed by atoms with Crippen LogP contribution in [0.2, 0.25) is 0 Å². The topological polar surface area (TPSA) is 66.5 Å². The summed E-state index contributed by atoms with van der Waals surface area (Å²) in [6.45, 7) is 1.93. The van der Waals surface area contributed by atoms with Crippen molar-refractivity contribution in [3.05, 3.63) is 93.2 Å². The van der Waals surface area contributed by atoms with E-state index in [9.17, 15) is 22.4 Å². The van der Waals surface area contributed by atoms with Crippen molar-refractivity contribution in [2.75, 3.05) is 0 Å². The zero-order chi connectivity index (χ0) is 22.2. The molecule has 0 amide bonds. The second kappa shape index (κ2) is 7.90. The Kier molecular flexibility index (Phi) is 5.26. The monoisotopic (exact) mass is 430 g/mol. The lowest BCUT2D eigenvalue weighted by Gasteiger charge is -2.04. The van der Waals surface area contributed by atoms with Gasteiger partial charge in [0.15, 0.2) is 5.82 Å². The van der Waals surface area contributed by atoms with E-state index < -0.39 is 17.4 Å². The Balaban J connectivity index is 1.76. The average Bonchev–Trinajstić information content (AvgIpc) is 3.33. The first-order chi connectivity index (χ1) is 14.7. The van der Waals surface area contributed by atoms with Gasteiger partial charge in [0.25, 0.3) is 5.56 Å². The Hall–Kier alpha value is -3.62. The van der Waals surface area contributed by atoms with Gasteiger partial charge < -0.3 is 0 Å². The number of aryl methyl sites for hydroxylation is 2. The zero-order valence-electron chi connectivity index (χ0n) is 16.4. The van der Waals surface area contributed by atoms with Gasteiger partial charge in [0.05, 0.1) is 5.69 Å². The summed E-state index contributed by atoms with van der Waals surface area (Å²) < 4.78 is 53.0. The van der Waals surface area contributed by atoms with E-state index in [2.05, 4.69) is 10.2 Å². The number of nitrogens with one attached hydrogen (secondary N) is 2. The lowest BCUT2D eigenvalue weighted by atomic mass is 10.0. The number of rotatable bonds is 5. The molecular weight excluding hydrogens is 412 g/mol. The molecule has 0 saturated carbocycles. The molecular formula is C22H18F4N4O. The van der Waals surface area contributed by atoms with Crippen LogP contribution in [-0.4, -0.2) is 20.0 Å². The van der Waals surface area contributed by atoms with Gasteiger partial charge in [0.2, 0.25) is 0 Å². The Morgan fingerprint density at radius 2 is 1.68 bits per heavy atom. The summed E-state index contributed by atoms with van der Waals surface area (Å²) in [5, 5.41) is 8.48. The minimum absolute atomic E-state index is 0.182. The molecule has 160 valence electrons. The molecule has 4 aromatic rings. The summed E-state index contributed by atoms with van der Waals surface area (Å²) in [6, 6.07) is 14.2. The summed E-state index contributed by atoms with van der Waals surface area (Å²) in [7, 11) is 0. The van der Waals surface area contributed by atoms with Crippen LogP contribution in [0.3, 0.4) is 0 Å². The third kappa shape index (κ3) is 4.30. The van der Waals surface area contributed by atoms with Gasteiger partial charge in [-0.3, -0.25) is 15.0 Å². The Morgan fingerprint density at radius 1 is 1.00 bits per heavy atom. The van der Waals surface area contributed by atoms with E-state index in [1.165, 1.54) is 12.1 Å². The highest BCUT2D eigenvalue weighted by molar-refractivity contribution is 5.63. The largest absolute Gasteiger partial charge is 0.432 e. The van der Waals surface area contributed by atoms with Crippen LogP contribution in [0.15, 0.2) is 59.4 Å². The lowest BCUT2D eigenvalue weighted by Crippen LogP contribution is -2.18. The van der Waals surface area contributed by atoms with Crippen LogP contribution in [0.25, 0.3) is 17.1 Å². The highest BCUT2D eigenvalue weighted by atomic mass is 19.4. The van der Waals surface area contributed by atoms with E-state index in [1.54, 1.807) is 12.1 Å². The molecule has 0 aliphatic heterocycles. The normalized spacial score (nSPS) is 11.8. The second-order valence-electron chi connectivity index (χ2n) is 7.24. The molecule has 0 fully saturated rings. The maximum Gasteiger partial charge on any atom is 0.432 e. The number of aromatic nitrogens is 4. The fourth-order valence-electron chi connectivity index (χ4n) is 3.32. The number of benzene rings is 2. The molecule has 2 aromatic heterocycles. The molecule has 5 nitrogen and oxygen atoms in total. The van der Waals surface area contributed by atoms with Crippen molar-refractivity contribution < 1.29 is 17.6 Å². The molecule has 0 bridgehead atoms. The van der Waals surface area contributed by atoms with Crippen LogP contribution in [0.1, 0.15) is 22.4 Å². The van der Waals surface area contributed by atoms with Crippen molar-refractivity contribution in [1.82, 2.24) is 20.0 Å². The Labute approximate surface area is 174 Å². The summed E-state index contributed by atoms with van der Waals surface area (Å²) in [5.74, 6) is -0.536. The van der Waals surface area contributed by atoms with Crippen LogP contribution in [0.4, 0.5) is 17.6 Å². The molecule has 2 heterocycles. The summed E-state index contributed by atoms with van der Waals surface area (Å²) in [4.78, 5) is 13.1. The van der Waals surface area contributed by atoms with Gasteiger partial charge >= 0.3 is 6.18 Å². The van der Waals surface area contributed by atoms with Crippen molar-refractivity contribution >= 4 is 0 Å². The van der Waals surface area contributed by atoms with E-state index in [0.717, 1.165) is 27.4 Å². The number of aromatic amines is 2. The van der Waals surface area contributed by atoms with Crippen LogP contribution in [0, 0.1) is 12.7 Å². The standard InChI is InChI=1S/C22H18F4N4O/c1-13-2-7-15(8-3-13)20-17(11-6-14-4-9-16(23)10-5-14)21(31)30(29-20)19-12-18(27-28-19)22(24,25)26/h2-5,7-10,12,29H,6,11H2,1H3,(H,27,28). The molecule has 2 aromatic carbocycles. The molecule has 0 atom stereocenters. The number of hydrogen-bond acceptors (Lipinski definition) is 2. The summed E-state index contributed by atoms with van der Waals surface area (Å²) in [6.07, 6.45) is -3.83. The fraction of sp³-hybridized carbons (Fsp3) is 0.182. The smallest absolute Gasteiger partial charge is 0.289 e. The number of H-pyrrole nitrogens is 2. The zero-order valence-corrected chi connectivity index (χ0v) is 16.4. The van der Waals surface area contributed by atoms with E-state index in [0.29, 0.717) is 24.1 Å². The minimum atomic E-state index is -4.60. The van der Waals surface area contributed by atoms with Gasteiger partial charge in [-0.25, -0.2) is 4.39 Å². The maximum atomic E-state index is 13.2. The van der Waals surface area contributed by atoms with Crippen molar-refractivity contribution in [3.8, 4) is 17.1 Å². The van der Waals surface area contributed by atoms with Crippen LogP contribution < -0.4 is 5.56 Å². The quantitative estimate of drug-likeness (QED) is 0.447. The van der Waals surface area contributed by atoms with E-state index in [1.807, 2.05) is 36.3 Å². The van der Waals surface area contributed by atoms with Gasteiger partial charge in [0.1, 0.15) is 11.5 Å². The first kappa shape index (κ1) is 20.6. The predicted molar refractivity (Wildman–Crippen MR) is 108 cm³/mol. The van der Waals surface area contributed by atoms with Gasteiger partial charge in [-0.1, -0.05) is 42.0 Å². The first-order valence-corrected chi connectivity index (χ1v) is 9.51. The molecule has 0 radical (unpaired) electrons. The summed E-state index contributed by atoms with van der Waals surface area (Å²) in [5.41, 5.74) is 1.96. The highest BCUT2D eigenvalue weighted by Crippen LogP contribution is 2.29. The van der Waals surface area contributed by atoms with Gasteiger partial charge in [0, 0.05) is 11.6 Å².